The lowest BCUT2D eigenvalue weighted by molar-refractivity contribution is -0.139. The molecule has 0 aromatic heterocycles. The molecule has 0 N–H and O–H groups in total. The van der Waals surface area contributed by atoms with Crippen molar-refractivity contribution in [3.8, 4) is 0 Å². The fourth-order valence-electron chi connectivity index (χ4n) is 2.73. The van der Waals surface area contributed by atoms with E-state index in [1.54, 1.807) is 0 Å². The lowest BCUT2D eigenvalue weighted by Crippen LogP contribution is -2.35. The van der Waals surface area contributed by atoms with Crippen LogP contribution in [0.1, 0.15) is 39.7 Å². The van der Waals surface area contributed by atoms with Gasteiger partial charge in [0.2, 0.25) is 0 Å². The summed E-state index contributed by atoms with van der Waals surface area (Å²) in [5.74, 6) is 0.239. The van der Waals surface area contributed by atoms with Crippen LogP contribution in [0.5, 0.6) is 0 Å². The quantitative estimate of drug-likeness (QED) is 0.242. The Balaban J connectivity index is 2.79. The molecule has 0 aliphatic rings. The summed E-state index contributed by atoms with van der Waals surface area (Å²) in [6.45, 7) is 13.4. The highest BCUT2D eigenvalue weighted by molar-refractivity contribution is 5.73. The highest BCUT2D eigenvalue weighted by atomic mass is 16.5. The fraction of sp³-hybridized carbons (Fsp3) is 0.591. The molecule has 0 saturated carbocycles. The zero-order chi connectivity index (χ0) is 21.3. The van der Waals surface area contributed by atoms with E-state index in [1.165, 1.54) is 7.11 Å². The number of likely N-dealkylation sites (N-methyl/N-ethyl adjacent to an activating group) is 1. The summed E-state index contributed by atoms with van der Waals surface area (Å²) >= 11 is 0. The van der Waals surface area contributed by atoms with Gasteiger partial charge in [0.15, 0.2) is 0 Å². The number of carbonyl (C=O) groups excluding carboxylic acids is 1. The lowest BCUT2D eigenvalue weighted by atomic mass is 10.0. The fourth-order valence-corrected chi connectivity index (χ4v) is 2.73. The summed E-state index contributed by atoms with van der Waals surface area (Å²) in [5.41, 5.74) is 3.07. The molecule has 0 spiro atoms. The Hall–Kier alpha value is -2.37. The first-order valence-corrected chi connectivity index (χ1v) is 9.81. The topological polar surface area (TPSA) is 57.5 Å². The van der Waals surface area contributed by atoms with E-state index in [9.17, 15) is 4.79 Å². The Kier molecular flexibility index (Phi) is 9.69. The van der Waals surface area contributed by atoms with E-state index in [0.717, 1.165) is 29.8 Å². The highest BCUT2D eigenvalue weighted by Gasteiger charge is 2.17. The first-order valence-electron chi connectivity index (χ1n) is 9.81. The predicted molar refractivity (Wildman–Crippen MR) is 116 cm³/mol. The van der Waals surface area contributed by atoms with Crippen molar-refractivity contribution < 1.29 is 9.53 Å². The van der Waals surface area contributed by atoms with Gasteiger partial charge in [-0.2, -0.15) is 5.11 Å². The van der Waals surface area contributed by atoms with Crippen molar-refractivity contribution in [2.24, 2.45) is 16.3 Å². The molecular weight excluding hydrogens is 352 g/mol. The van der Waals surface area contributed by atoms with Gasteiger partial charge >= 0.3 is 5.97 Å². The van der Waals surface area contributed by atoms with Crippen molar-refractivity contribution >= 4 is 11.7 Å². The zero-order valence-electron chi connectivity index (χ0n) is 18.5. The summed E-state index contributed by atoms with van der Waals surface area (Å²) in [5, 5.41) is 10.6. The van der Waals surface area contributed by atoms with Crippen LogP contribution in [0.3, 0.4) is 0 Å². The van der Waals surface area contributed by atoms with Crippen LogP contribution in [0.25, 0.3) is 0 Å². The van der Waals surface area contributed by atoms with Gasteiger partial charge in [-0.15, -0.1) is 0 Å². The monoisotopic (exact) mass is 388 g/mol. The minimum atomic E-state index is -0.237. The van der Waals surface area contributed by atoms with Crippen LogP contribution in [0, 0.1) is 5.92 Å². The molecular formula is C22H36N4O2. The average Bonchev–Trinajstić information content (AvgIpc) is 2.65. The van der Waals surface area contributed by atoms with Crippen molar-refractivity contribution in [1.29, 1.82) is 0 Å². The van der Waals surface area contributed by atoms with Crippen molar-refractivity contribution in [3.63, 3.8) is 0 Å². The largest absolute Gasteiger partial charge is 0.469 e. The summed E-state index contributed by atoms with van der Waals surface area (Å²) in [6, 6.07) is 8.35. The summed E-state index contributed by atoms with van der Waals surface area (Å²) in [6.07, 6.45) is 1.14. The minimum Gasteiger partial charge on any atom is -0.469 e. The molecule has 0 radical (unpaired) electrons. The maximum atomic E-state index is 11.6. The molecule has 28 heavy (non-hydrogen) atoms. The second-order valence-corrected chi connectivity index (χ2v) is 7.76. The first kappa shape index (κ1) is 23.7. The molecule has 6 nitrogen and oxygen atoms in total. The molecule has 0 fully saturated rings. The zero-order valence-corrected chi connectivity index (χ0v) is 18.5. The Morgan fingerprint density at radius 3 is 2.50 bits per heavy atom. The molecule has 1 aromatic carbocycles. The van der Waals surface area contributed by atoms with Crippen LogP contribution in [0.4, 0.5) is 5.69 Å². The average molecular weight is 389 g/mol. The van der Waals surface area contributed by atoms with Gasteiger partial charge in [0.05, 0.1) is 25.6 Å². The Morgan fingerprint density at radius 2 is 1.93 bits per heavy atom. The number of ether oxygens (including phenoxy) is 1. The third kappa shape index (κ3) is 7.71. The van der Waals surface area contributed by atoms with Crippen LogP contribution < -0.4 is 4.90 Å². The molecule has 0 amide bonds. The molecule has 0 bridgehead atoms. The second kappa shape index (κ2) is 11.5. The predicted octanol–water partition coefficient (Wildman–Crippen LogP) is 4.52. The summed E-state index contributed by atoms with van der Waals surface area (Å²) < 4.78 is 4.77. The molecule has 156 valence electrons. The first-order chi connectivity index (χ1) is 13.1. The van der Waals surface area contributed by atoms with Gasteiger partial charge in [-0.05, 0) is 43.9 Å². The Labute approximate surface area is 170 Å². The SMILES string of the molecule is C=C(C)C(CCN(C)N=N[C@@H](C)C(C)C)N(C)c1cccc(CC(=O)OC)c1. The molecule has 0 saturated heterocycles. The van der Waals surface area contributed by atoms with E-state index in [2.05, 4.69) is 49.6 Å². The number of benzene rings is 1. The van der Waals surface area contributed by atoms with E-state index in [0.29, 0.717) is 5.92 Å². The maximum Gasteiger partial charge on any atom is 0.309 e. The van der Waals surface area contributed by atoms with Gasteiger partial charge in [-0.25, -0.2) is 0 Å². The minimum absolute atomic E-state index is 0.161. The number of methoxy groups -OCH3 is 1. The highest BCUT2D eigenvalue weighted by Crippen LogP contribution is 2.22. The number of nitrogens with zero attached hydrogens (tertiary/aromatic N) is 4. The van der Waals surface area contributed by atoms with E-state index in [-0.39, 0.29) is 24.5 Å². The van der Waals surface area contributed by atoms with E-state index in [4.69, 9.17) is 4.74 Å². The molecule has 1 unspecified atom stereocenters. The molecule has 0 heterocycles. The molecule has 6 heteroatoms. The second-order valence-electron chi connectivity index (χ2n) is 7.76. The standard InChI is InChI=1S/C22H36N4O2/c1-16(2)18(5)23-24-25(6)13-12-21(17(3)4)26(7)20-11-9-10-19(14-20)15-22(27)28-8/h9-11,14,16,18,21H,3,12-13,15H2,1-2,4-8H3/t18-,21?/m0/s1. The van der Waals surface area contributed by atoms with E-state index < -0.39 is 0 Å². The number of esters is 1. The number of hydrogen-bond acceptors (Lipinski definition) is 5. The van der Waals surface area contributed by atoms with Gasteiger partial charge in [0.1, 0.15) is 0 Å². The normalized spacial score (nSPS) is 13.4. The van der Waals surface area contributed by atoms with Gasteiger partial charge in [0.25, 0.3) is 0 Å². The summed E-state index contributed by atoms with van der Waals surface area (Å²) in [7, 11) is 5.41. The molecule has 0 aliphatic heterocycles. The molecule has 1 rings (SSSR count). The van der Waals surface area contributed by atoms with Crippen LogP contribution in [-0.4, -0.2) is 50.8 Å². The summed E-state index contributed by atoms with van der Waals surface area (Å²) in [4.78, 5) is 13.8. The van der Waals surface area contributed by atoms with Crippen LogP contribution in [-0.2, 0) is 16.0 Å². The van der Waals surface area contributed by atoms with Crippen LogP contribution >= 0.6 is 0 Å². The third-order valence-corrected chi connectivity index (χ3v) is 5.01. The number of anilines is 1. The van der Waals surface area contributed by atoms with Crippen LogP contribution in [0.2, 0.25) is 0 Å². The number of hydrogen-bond donors (Lipinski definition) is 0. The molecule has 2 atom stereocenters. The maximum absolute atomic E-state index is 11.6. The lowest BCUT2D eigenvalue weighted by Gasteiger charge is -2.31. The van der Waals surface area contributed by atoms with Gasteiger partial charge in [-0.3, -0.25) is 9.80 Å². The van der Waals surface area contributed by atoms with Crippen molar-refractivity contribution in [2.45, 2.75) is 52.6 Å². The van der Waals surface area contributed by atoms with Crippen molar-refractivity contribution in [2.75, 3.05) is 32.6 Å². The van der Waals surface area contributed by atoms with Gasteiger partial charge in [-0.1, -0.05) is 43.4 Å². The van der Waals surface area contributed by atoms with E-state index in [1.807, 2.05) is 43.2 Å². The Bertz CT molecular complexity index is 672. The van der Waals surface area contributed by atoms with Gasteiger partial charge in [0, 0.05) is 26.3 Å². The van der Waals surface area contributed by atoms with Crippen LogP contribution in [0.15, 0.2) is 46.8 Å². The smallest absolute Gasteiger partial charge is 0.309 e. The molecule has 0 aliphatic carbocycles. The molecule has 1 aromatic rings. The number of carbonyl (C=O) groups is 1. The van der Waals surface area contributed by atoms with Gasteiger partial charge < -0.3 is 9.64 Å². The van der Waals surface area contributed by atoms with Crippen molar-refractivity contribution in [3.05, 3.63) is 42.0 Å². The van der Waals surface area contributed by atoms with E-state index >= 15 is 0 Å². The Morgan fingerprint density at radius 1 is 1.25 bits per heavy atom. The number of rotatable bonds is 11. The van der Waals surface area contributed by atoms with Crippen molar-refractivity contribution in [1.82, 2.24) is 5.01 Å². The third-order valence-electron chi connectivity index (χ3n) is 5.01.